The lowest BCUT2D eigenvalue weighted by Crippen LogP contribution is -2.27. The van der Waals surface area contributed by atoms with Crippen LogP contribution in [0, 0.1) is 12.0 Å². The molecule has 0 N–H and O–H groups in total. The van der Waals surface area contributed by atoms with Gasteiger partial charge in [0.15, 0.2) is 0 Å². The number of fused-ring (bicyclic) bond motifs is 1. The maximum Gasteiger partial charge on any atom is 0.264 e. The Morgan fingerprint density at radius 2 is 2.11 bits per heavy atom. The van der Waals surface area contributed by atoms with E-state index >= 15 is 0 Å². The van der Waals surface area contributed by atoms with Crippen LogP contribution in [0.25, 0.3) is 10.1 Å². The van der Waals surface area contributed by atoms with E-state index in [0.717, 1.165) is 23.2 Å². The fraction of sp³-hybridized carbons (Fsp3) is 0.333. The number of carbonyl (C=O) groups is 1. The van der Waals surface area contributed by atoms with E-state index in [4.69, 9.17) is 0 Å². The van der Waals surface area contributed by atoms with E-state index in [9.17, 15) is 4.79 Å². The Labute approximate surface area is 111 Å². The Morgan fingerprint density at radius 1 is 1.33 bits per heavy atom. The third kappa shape index (κ3) is 2.03. The van der Waals surface area contributed by atoms with Crippen molar-refractivity contribution in [1.29, 1.82) is 0 Å². The summed E-state index contributed by atoms with van der Waals surface area (Å²) in [7, 11) is 0. The van der Waals surface area contributed by atoms with Crippen LogP contribution in [0.1, 0.15) is 29.9 Å². The maximum atomic E-state index is 12.4. The maximum absolute atomic E-state index is 12.4. The van der Waals surface area contributed by atoms with Crippen LogP contribution in [-0.2, 0) is 0 Å². The number of likely N-dealkylation sites (tertiary alicyclic amines) is 1. The van der Waals surface area contributed by atoms with E-state index in [-0.39, 0.29) is 11.3 Å². The number of thiophene rings is 1. The van der Waals surface area contributed by atoms with Crippen molar-refractivity contribution in [3.05, 3.63) is 41.8 Å². The molecule has 1 fully saturated rings. The molecule has 0 saturated carbocycles. The average Bonchev–Trinajstić information content (AvgIpc) is 2.91. The fourth-order valence-corrected chi connectivity index (χ4v) is 3.35. The van der Waals surface area contributed by atoms with Crippen LogP contribution in [0.2, 0.25) is 0 Å². The van der Waals surface area contributed by atoms with Gasteiger partial charge in [-0.15, -0.1) is 11.3 Å². The molecule has 3 rings (SSSR count). The number of benzene rings is 1. The van der Waals surface area contributed by atoms with Gasteiger partial charge < -0.3 is 4.90 Å². The van der Waals surface area contributed by atoms with Gasteiger partial charge in [0.25, 0.3) is 5.91 Å². The van der Waals surface area contributed by atoms with E-state index in [1.165, 1.54) is 4.70 Å². The summed E-state index contributed by atoms with van der Waals surface area (Å²) in [5, 5.41) is 1.16. The van der Waals surface area contributed by atoms with Gasteiger partial charge in [0.1, 0.15) is 0 Å². The van der Waals surface area contributed by atoms with Crippen molar-refractivity contribution in [2.24, 2.45) is 5.41 Å². The normalized spacial score (nSPS) is 18.4. The van der Waals surface area contributed by atoms with Crippen LogP contribution in [-0.4, -0.2) is 17.4 Å². The third-order valence-electron chi connectivity index (χ3n) is 3.36. The molecule has 1 aromatic heterocycles. The zero-order chi connectivity index (χ0) is 12.8. The minimum absolute atomic E-state index is 0.141. The molecule has 0 spiro atoms. The smallest absolute Gasteiger partial charge is 0.264 e. The van der Waals surface area contributed by atoms with Gasteiger partial charge in [-0.25, -0.2) is 0 Å². The number of amides is 1. The standard InChI is InChI=1S/C15H16NOS/c1-15(2)7-8-16(10-15)14(17)13-9-11-5-3-4-6-12(11)18-13/h3-6,8-9H,7,10H2,1-2H3. The Kier molecular flexibility index (Phi) is 2.67. The summed E-state index contributed by atoms with van der Waals surface area (Å²) >= 11 is 1.58. The van der Waals surface area contributed by atoms with Crippen LogP contribution in [0.5, 0.6) is 0 Å². The van der Waals surface area contributed by atoms with Crippen LogP contribution < -0.4 is 0 Å². The first-order valence-electron chi connectivity index (χ1n) is 6.18. The predicted octanol–water partition coefficient (Wildman–Crippen LogP) is 3.94. The topological polar surface area (TPSA) is 20.3 Å². The van der Waals surface area contributed by atoms with E-state index in [2.05, 4.69) is 26.0 Å². The van der Waals surface area contributed by atoms with Crippen LogP contribution >= 0.6 is 11.3 Å². The summed E-state index contributed by atoms with van der Waals surface area (Å²) in [4.78, 5) is 15.1. The second kappa shape index (κ2) is 4.09. The summed E-state index contributed by atoms with van der Waals surface area (Å²) < 4.78 is 1.18. The molecule has 2 heterocycles. The first kappa shape index (κ1) is 11.7. The fourth-order valence-electron chi connectivity index (χ4n) is 2.33. The number of nitrogens with zero attached hydrogens (tertiary/aromatic N) is 1. The zero-order valence-electron chi connectivity index (χ0n) is 10.6. The van der Waals surface area contributed by atoms with E-state index in [1.807, 2.05) is 29.6 Å². The van der Waals surface area contributed by atoms with E-state index in [1.54, 1.807) is 11.3 Å². The summed E-state index contributed by atoms with van der Waals surface area (Å²) in [6.07, 6.45) is 0.976. The Morgan fingerprint density at radius 3 is 2.78 bits per heavy atom. The minimum atomic E-state index is 0.141. The molecule has 1 aliphatic rings. The Bertz CT molecular complexity index is 566. The molecule has 1 aromatic carbocycles. The summed E-state index contributed by atoms with van der Waals surface area (Å²) in [6, 6.07) is 10.1. The van der Waals surface area contributed by atoms with Gasteiger partial charge in [0, 0.05) is 11.2 Å². The largest absolute Gasteiger partial charge is 0.332 e. The molecule has 1 radical (unpaired) electrons. The van der Waals surface area contributed by atoms with Crippen LogP contribution in [0.3, 0.4) is 0 Å². The highest BCUT2D eigenvalue weighted by molar-refractivity contribution is 7.20. The molecule has 2 nitrogen and oxygen atoms in total. The number of rotatable bonds is 1. The number of hydrogen-bond acceptors (Lipinski definition) is 2. The second-order valence-corrected chi connectivity index (χ2v) is 6.72. The van der Waals surface area contributed by atoms with Crippen LogP contribution in [0.15, 0.2) is 30.3 Å². The highest BCUT2D eigenvalue weighted by Crippen LogP contribution is 2.34. The van der Waals surface area contributed by atoms with Gasteiger partial charge in [-0.05, 0) is 29.4 Å². The summed E-state index contributed by atoms with van der Waals surface area (Å²) in [5.74, 6) is 0.141. The first-order chi connectivity index (χ1) is 8.55. The van der Waals surface area contributed by atoms with Gasteiger partial charge in [-0.1, -0.05) is 32.0 Å². The molecular formula is C15H16NOS. The van der Waals surface area contributed by atoms with Crippen molar-refractivity contribution in [2.75, 3.05) is 6.54 Å². The molecule has 1 aliphatic heterocycles. The van der Waals surface area contributed by atoms with Gasteiger partial charge in [-0.2, -0.15) is 0 Å². The molecular weight excluding hydrogens is 242 g/mol. The molecule has 18 heavy (non-hydrogen) atoms. The lowest BCUT2D eigenvalue weighted by atomic mass is 9.93. The molecule has 1 saturated heterocycles. The number of hydrogen-bond donors (Lipinski definition) is 0. The van der Waals surface area contributed by atoms with Gasteiger partial charge >= 0.3 is 0 Å². The molecule has 93 valence electrons. The van der Waals surface area contributed by atoms with Crippen molar-refractivity contribution < 1.29 is 4.79 Å². The van der Waals surface area contributed by atoms with Gasteiger partial charge in [0.2, 0.25) is 0 Å². The summed E-state index contributed by atoms with van der Waals surface area (Å²) in [6.45, 7) is 7.25. The Hall–Kier alpha value is -1.35. The summed E-state index contributed by atoms with van der Waals surface area (Å²) in [5.41, 5.74) is 0.215. The van der Waals surface area contributed by atoms with Crippen molar-refractivity contribution >= 4 is 27.3 Å². The molecule has 0 unspecified atom stereocenters. The van der Waals surface area contributed by atoms with E-state index in [0.29, 0.717) is 0 Å². The monoisotopic (exact) mass is 258 g/mol. The second-order valence-electron chi connectivity index (χ2n) is 5.63. The van der Waals surface area contributed by atoms with Gasteiger partial charge in [-0.3, -0.25) is 4.79 Å². The average molecular weight is 258 g/mol. The third-order valence-corrected chi connectivity index (χ3v) is 4.46. The predicted molar refractivity (Wildman–Crippen MR) is 75.6 cm³/mol. The molecule has 2 aromatic rings. The number of carbonyl (C=O) groups excluding carboxylic acids is 1. The van der Waals surface area contributed by atoms with Gasteiger partial charge in [0.05, 0.1) is 11.4 Å². The van der Waals surface area contributed by atoms with Crippen molar-refractivity contribution in [2.45, 2.75) is 20.3 Å². The lowest BCUT2D eigenvalue weighted by Gasteiger charge is -2.18. The molecule has 1 amide bonds. The SMILES string of the molecule is CC1(C)C[CH]N(C(=O)c2cc3ccccc3s2)C1. The minimum Gasteiger partial charge on any atom is -0.332 e. The highest BCUT2D eigenvalue weighted by atomic mass is 32.1. The molecule has 0 aliphatic carbocycles. The Balaban J connectivity index is 1.88. The van der Waals surface area contributed by atoms with Crippen molar-refractivity contribution in [3.63, 3.8) is 0 Å². The molecule has 0 atom stereocenters. The first-order valence-corrected chi connectivity index (χ1v) is 7.00. The molecule has 3 heteroatoms. The van der Waals surface area contributed by atoms with Crippen LogP contribution in [0.4, 0.5) is 0 Å². The van der Waals surface area contributed by atoms with Crippen molar-refractivity contribution in [1.82, 2.24) is 4.90 Å². The zero-order valence-corrected chi connectivity index (χ0v) is 11.5. The molecule has 0 bridgehead atoms. The quantitative estimate of drug-likeness (QED) is 0.758. The lowest BCUT2D eigenvalue weighted by molar-refractivity contribution is 0.0809. The van der Waals surface area contributed by atoms with Crippen molar-refractivity contribution in [3.8, 4) is 0 Å². The van der Waals surface area contributed by atoms with E-state index < -0.39 is 0 Å². The highest BCUT2D eigenvalue weighted by Gasteiger charge is 2.33.